The molecule has 1 rings (SSSR count). The topological polar surface area (TPSA) is 80.4 Å². The van der Waals surface area contributed by atoms with Gasteiger partial charge in [0.25, 0.3) is 10.1 Å². The maximum absolute atomic E-state index is 12.2. The molecule has 0 saturated carbocycles. The molecular formula is C7H12F3NO3S2. The number of hydrogen-bond acceptors (Lipinski definition) is 4. The third-order valence-corrected chi connectivity index (χ3v) is 5.29. The van der Waals surface area contributed by atoms with E-state index >= 15 is 0 Å². The largest absolute Gasteiger partial charge is 0.390 e. The third kappa shape index (κ3) is 4.11. The summed E-state index contributed by atoms with van der Waals surface area (Å²) in [7, 11) is -4.48. The van der Waals surface area contributed by atoms with E-state index in [2.05, 4.69) is 0 Å². The molecule has 1 aliphatic heterocycles. The second-order valence-electron chi connectivity index (χ2n) is 3.74. The maximum atomic E-state index is 12.2. The molecule has 96 valence electrons. The zero-order chi connectivity index (χ0) is 12.6. The highest BCUT2D eigenvalue weighted by molar-refractivity contribution is 8.01. The molecule has 4 nitrogen and oxygen atoms in total. The maximum Gasteiger partial charge on any atom is 0.390 e. The van der Waals surface area contributed by atoms with Gasteiger partial charge in [0, 0.05) is 17.0 Å². The molecule has 0 aromatic heterocycles. The van der Waals surface area contributed by atoms with Crippen molar-refractivity contribution in [3.05, 3.63) is 0 Å². The van der Waals surface area contributed by atoms with E-state index < -0.39 is 39.3 Å². The van der Waals surface area contributed by atoms with E-state index in [4.69, 9.17) is 10.3 Å². The summed E-state index contributed by atoms with van der Waals surface area (Å²) in [5, 5.41) is -2.60. The normalized spacial score (nSPS) is 32.7. The Hall–Kier alpha value is 0.01000. The van der Waals surface area contributed by atoms with E-state index in [1.807, 2.05) is 0 Å². The highest BCUT2D eigenvalue weighted by Gasteiger charge is 2.43. The summed E-state index contributed by atoms with van der Waals surface area (Å²) < 4.78 is 67.3. The molecule has 0 bridgehead atoms. The van der Waals surface area contributed by atoms with Crippen LogP contribution in [0.4, 0.5) is 13.2 Å². The van der Waals surface area contributed by atoms with E-state index in [1.54, 1.807) is 0 Å². The number of hydrogen-bond donors (Lipinski definition) is 2. The zero-order valence-corrected chi connectivity index (χ0v) is 9.78. The fourth-order valence-electron chi connectivity index (χ4n) is 1.60. The average Bonchev–Trinajstić information content (AvgIpc) is 2.04. The number of alkyl halides is 3. The number of thioether (sulfide) groups is 1. The summed E-state index contributed by atoms with van der Waals surface area (Å²) >= 11 is 0.849. The monoisotopic (exact) mass is 279 g/mol. The predicted molar refractivity (Wildman–Crippen MR) is 54.8 cm³/mol. The lowest BCUT2D eigenvalue weighted by molar-refractivity contribution is -0.134. The molecule has 1 fully saturated rings. The molecular weight excluding hydrogens is 267 g/mol. The van der Waals surface area contributed by atoms with Crippen LogP contribution in [0.1, 0.15) is 12.8 Å². The van der Waals surface area contributed by atoms with E-state index in [9.17, 15) is 21.6 Å². The van der Waals surface area contributed by atoms with Gasteiger partial charge in [-0.2, -0.15) is 33.4 Å². The quantitative estimate of drug-likeness (QED) is 0.738. The van der Waals surface area contributed by atoms with Crippen LogP contribution in [0.15, 0.2) is 0 Å². The van der Waals surface area contributed by atoms with Crippen molar-refractivity contribution in [2.24, 2.45) is 5.73 Å². The van der Waals surface area contributed by atoms with Crippen molar-refractivity contribution >= 4 is 21.9 Å². The Kier molecular flexibility index (Phi) is 4.14. The zero-order valence-electron chi connectivity index (χ0n) is 8.14. The van der Waals surface area contributed by atoms with Crippen molar-refractivity contribution in [3.63, 3.8) is 0 Å². The highest BCUT2D eigenvalue weighted by Crippen LogP contribution is 2.36. The molecule has 0 aliphatic carbocycles. The molecule has 1 heterocycles. The molecule has 3 unspecified atom stereocenters. The van der Waals surface area contributed by atoms with Gasteiger partial charge in [-0.15, -0.1) is 0 Å². The van der Waals surface area contributed by atoms with Crippen LogP contribution in [0, 0.1) is 0 Å². The molecule has 0 spiro atoms. The Morgan fingerprint density at radius 3 is 2.44 bits per heavy atom. The Morgan fingerprint density at radius 1 is 1.44 bits per heavy atom. The van der Waals surface area contributed by atoms with E-state index in [0.717, 1.165) is 11.8 Å². The highest BCUT2D eigenvalue weighted by atomic mass is 32.2. The Bertz CT molecular complexity index is 343. The second kappa shape index (κ2) is 4.71. The SMILES string of the molecule is NC1CSC(CC(F)(F)F)C(S(=O)(=O)O)C1. The lowest BCUT2D eigenvalue weighted by Crippen LogP contribution is -2.45. The molecule has 0 radical (unpaired) electrons. The number of halogens is 3. The fourth-order valence-corrected chi connectivity index (χ4v) is 4.49. The van der Waals surface area contributed by atoms with Gasteiger partial charge in [0.2, 0.25) is 0 Å². The second-order valence-corrected chi connectivity index (χ2v) is 6.65. The van der Waals surface area contributed by atoms with Crippen molar-refractivity contribution in [3.8, 4) is 0 Å². The van der Waals surface area contributed by atoms with Crippen LogP contribution in [0.25, 0.3) is 0 Å². The minimum Gasteiger partial charge on any atom is -0.327 e. The van der Waals surface area contributed by atoms with Gasteiger partial charge >= 0.3 is 6.18 Å². The van der Waals surface area contributed by atoms with Gasteiger partial charge in [-0.25, -0.2) is 0 Å². The van der Waals surface area contributed by atoms with E-state index in [0.29, 0.717) is 0 Å². The summed E-state index contributed by atoms with van der Waals surface area (Å²) in [6, 6.07) is -0.499. The first kappa shape index (κ1) is 14.1. The number of rotatable bonds is 2. The van der Waals surface area contributed by atoms with Crippen LogP contribution in [0.2, 0.25) is 0 Å². The molecule has 16 heavy (non-hydrogen) atoms. The molecule has 3 atom stereocenters. The molecule has 9 heteroatoms. The summed E-state index contributed by atoms with van der Waals surface area (Å²) in [4.78, 5) is 0. The van der Waals surface area contributed by atoms with Crippen molar-refractivity contribution in [2.45, 2.75) is 35.6 Å². The van der Waals surface area contributed by atoms with Crippen molar-refractivity contribution in [1.29, 1.82) is 0 Å². The van der Waals surface area contributed by atoms with E-state index in [-0.39, 0.29) is 12.2 Å². The van der Waals surface area contributed by atoms with Gasteiger partial charge < -0.3 is 5.73 Å². The van der Waals surface area contributed by atoms with Gasteiger partial charge in [0.1, 0.15) is 5.25 Å². The first-order valence-electron chi connectivity index (χ1n) is 4.50. The average molecular weight is 279 g/mol. The molecule has 0 amide bonds. The number of nitrogens with two attached hydrogens (primary N) is 1. The van der Waals surface area contributed by atoms with Gasteiger partial charge in [-0.05, 0) is 6.42 Å². The Morgan fingerprint density at radius 2 is 2.00 bits per heavy atom. The molecule has 0 aromatic rings. The molecule has 1 saturated heterocycles. The van der Waals surface area contributed by atoms with Crippen LogP contribution < -0.4 is 5.73 Å². The van der Waals surface area contributed by atoms with Crippen molar-refractivity contribution in [1.82, 2.24) is 0 Å². The van der Waals surface area contributed by atoms with Crippen LogP contribution in [0.5, 0.6) is 0 Å². The van der Waals surface area contributed by atoms with Gasteiger partial charge in [-0.1, -0.05) is 0 Å². The fraction of sp³-hybridized carbons (Fsp3) is 1.00. The molecule has 3 N–H and O–H groups in total. The van der Waals surface area contributed by atoms with Gasteiger partial charge in [-0.3, -0.25) is 4.55 Å². The summed E-state index contributed by atoms with van der Waals surface area (Å²) in [6.07, 6.45) is -5.80. The minimum absolute atomic E-state index is 0.132. The first-order valence-corrected chi connectivity index (χ1v) is 7.05. The first-order chi connectivity index (χ1) is 7.09. The van der Waals surface area contributed by atoms with Crippen molar-refractivity contribution in [2.75, 3.05) is 5.75 Å². The third-order valence-electron chi connectivity index (χ3n) is 2.29. The van der Waals surface area contributed by atoms with Gasteiger partial charge in [0.05, 0.1) is 6.42 Å². The van der Waals surface area contributed by atoms with Crippen molar-refractivity contribution < 1.29 is 26.1 Å². The predicted octanol–water partition coefficient (Wildman–Crippen LogP) is 1.03. The Labute approximate surface area is 95.5 Å². The van der Waals surface area contributed by atoms with E-state index in [1.165, 1.54) is 0 Å². The van der Waals surface area contributed by atoms with Crippen LogP contribution in [-0.4, -0.2) is 41.4 Å². The lowest BCUT2D eigenvalue weighted by atomic mass is 10.1. The summed E-state index contributed by atoms with van der Waals surface area (Å²) in [5.74, 6) is 0.271. The van der Waals surface area contributed by atoms with Gasteiger partial charge in [0.15, 0.2) is 0 Å². The summed E-state index contributed by atoms with van der Waals surface area (Å²) in [5.41, 5.74) is 5.47. The van der Waals surface area contributed by atoms with Crippen LogP contribution in [-0.2, 0) is 10.1 Å². The smallest absolute Gasteiger partial charge is 0.327 e. The lowest BCUT2D eigenvalue weighted by Gasteiger charge is -2.32. The van der Waals surface area contributed by atoms with Crippen LogP contribution in [0.3, 0.4) is 0 Å². The minimum atomic E-state index is -4.48. The molecule has 1 aliphatic rings. The van der Waals surface area contributed by atoms with Crippen LogP contribution >= 0.6 is 11.8 Å². The standard InChI is InChI=1S/C7H12F3NO3S2/c8-7(9,10)2-5-6(16(12,13)14)1-4(11)3-15-5/h4-6H,1-3,11H2,(H,12,13,14). The molecule has 0 aromatic carbocycles. The Balaban J connectivity index is 2.81. The summed E-state index contributed by atoms with van der Waals surface area (Å²) in [6.45, 7) is 0.